The Morgan fingerprint density at radius 3 is 2.15 bits per heavy atom. The maximum Gasteiger partial charge on any atom is 0.412 e. The second-order valence-electron chi connectivity index (χ2n) is 9.47. The van der Waals surface area contributed by atoms with Gasteiger partial charge in [0, 0.05) is 11.1 Å². The average Bonchev–Trinajstić information content (AvgIpc) is 3.67. The van der Waals surface area contributed by atoms with Gasteiger partial charge in [0.2, 0.25) is 0 Å². The van der Waals surface area contributed by atoms with Gasteiger partial charge >= 0.3 is 12.1 Å². The van der Waals surface area contributed by atoms with E-state index in [4.69, 9.17) is 21.1 Å². The lowest BCUT2D eigenvalue weighted by Crippen LogP contribution is -2.23. The Labute approximate surface area is 235 Å². The highest BCUT2D eigenvalue weighted by Gasteiger charge is 2.52. The number of ether oxygens (including phenoxy) is 2. The molecule has 0 bridgehead atoms. The lowest BCUT2D eigenvalue weighted by atomic mass is 9.93. The first-order valence-corrected chi connectivity index (χ1v) is 13.9. The largest absolute Gasteiger partial charge is 0.465 e. The number of hydrogen-bond donors (Lipinski definition) is 1. The fourth-order valence-electron chi connectivity index (χ4n) is 4.57. The van der Waals surface area contributed by atoms with E-state index in [2.05, 4.69) is 5.32 Å². The molecule has 200 valence electrons. The maximum absolute atomic E-state index is 14.3. The van der Waals surface area contributed by atoms with Gasteiger partial charge in [-0.1, -0.05) is 72.3 Å². The number of carbonyl (C=O) groups excluding carboxylic acids is 2. The van der Waals surface area contributed by atoms with E-state index in [1.807, 2.05) is 55.5 Å². The van der Waals surface area contributed by atoms with Crippen LogP contribution < -0.4 is 5.32 Å². The third-order valence-electron chi connectivity index (χ3n) is 6.90. The minimum Gasteiger partial charge on any atom is -0.465 e. The second-order valence-corrected chi connectivity index (χ2v) is 10.9. The Morgan fingerprint density at radius 2 is 1.56 bits per heavy atom. The van der Waals surface area contributed by atoms with E-state index in [1.165, 1.54) is 6.07 Å². The van der Waals surface area contributed by atoms with E-state index in [0.717, 1.165) is 52.0 Å². The number of rotatable bonds is 8. The quantitative estimate of drug-likeness (QED) is 0.218. The number of carbonyl (C=O) groups is 2. The Kier molecular flexibility index (Phi) is 7.73. The highest BCUT2D eigenvalue weighted by molar-refractivity contribution is 7.14. The highest BCUT2D eigenvalue weighted by atomic mass is 35.5. The molecule has 8 heteroatoms. The molecule has 5 nitrogen and oxygen atoms in total. The first-order chi connectivity index (χ1) is 18.8. The Morgan fingerprint density at radius 1 is 0.974 bits per heavy atom. The predicted octanol–water partition coefficient (Wildman–Crippen LogP) is 8.78. The van der Waals surface area contributed by atoms with Crippen LogP contribution in [0.1, 0.15) is 43.9 Å². The molecular formula is C31H27ClFNO4S. The molecule has 3 aromatic carbocycles. The topological polar surface area (TPSA) is 64.6 Å². The Balaban J connectivity index is 1.28. The van der Waals surface area contributed by atoms with Crippen LogP contribution in [0.25, 0.3) is 21.6 Å². The molecule has 5 rings (SSSR count). The summed E-state index contributed by atoms with van der Waals surface area (Å²) in [5.74, 6) is -0.155. The van der Waals surface area contributed by atoms with Crippen molar-refractivity contribution in [3.63, 3.8) is 0 Å². The van der Waals surface area contributed by atoms with Crippen LogP contribution in [0.3, 0.4) is 0 Å². The Bertz CT molecular complexity index is 1480. The molecule has 0 aliphatic heterocycles. The van der Waals surface area contributed by atoms with Crippen molar-refractivity contribution in [2.75, 3.05) is 11.9 Å². The number of anilines is 1. The lowest BCUT2D eigenvalue weighted by molar-refractivity contribution is -0.146. The van der Waals surface area contributed by atoms with Crippen molar-refractivity contribution in [3.05, 3.63) is 100 Å². The summed E-state index contributed by atoms with van der Waals surface area (Å²) in [5, 5.41) is 2.86. The molecule has 0 spiro atoms. The number of nitrogens with one attached hydrogen (secondary N) is 1. The van der Waals surface area contributed by atoms with E-state index in [0.29, 0.717) is 22.2 Å². The van der Waals surface area contributed by atoms with E-state index < -0.39 is 22.7 Å². The third-order valence-corrected chi connectivity index (χ3v) is 8.12. The van der Waals surface area contributed by atoms with E-state index in [-0.39, 0.29) is 5.97 Å². The van der Waals surface area contributed by atoms with Gasteiger partial charge in [0.05, 0.1) is 22.6 Å². The monoisotopic (exact) mass is 563 g/mol. The van der Waals surface area contributed by atoms with Gasteiger partial charge < -0.3 is 9.47 Å². The molecule has 1 aliphatic rings. The lowest BCUT2D eigenvalue weighted by Gasteiger charge is -2.15. The molecule has 0 saturated heterocycles. The normalized spacial score (nSPS) is 14.4. The molecule has 1 aromatic heterocycles. The molecule has 39 heavy (non-hydrogen) atoms. The molecule has 1 N–H and O–H groups in total. The zero-order valence-corrected chi connectivity index (χ0v) is 23.1. The van der Waals surface area contributed by atoms with Crippen LogP contribution in [0.4, 0.5) is 14.9 Å². The van der Waals surface area contributed by atoms with Gasteiger partial charge in [-0.25, -0.2) is 4.79 Å². The SMILES string of the molecule is CCOC(=O)C1(c2ccc(-c3ccc(-c4sc(F)cc4NC(=O)O[C@H](C)c4ccc(Cl)cc4)cc3)cc2)CC1. The molecule has 1 aliphatic carbocycles. The van der Waals surface area contributed by atoms with Crippen LogP contribution in [0.15, 0.2) is 78.9 Å². The maximum atomic E-state index is 14.3. The van der Waals surface area contributed by atoms with Gasteiger partial charge in [0.1, 0.15) is 6.10 Å². The summed E-state index contributed by atoms with van der Waals surface area (Å²) >= 11 is 6.88. The standard InChI is InChI=1S/C31H27ClFNO4S/c1-3-37-29(35)31(16-17-31)24-12-8-22(9-13-24)21-4-6-23(7-5-21)28-26(18-27(33)39-28)34-30(36)38-19(2)20-10-14-25(32)15-11-20/h4-15,18-19H,3,16-17H2,1-2H3,(H,34,36)/t19-/m1/s1. The van der Waals surface area contributed by atoms with Crippen molar-refractivity contribution in [2.45, 2.75) is 38.2 Å². The smallest absolute Gasteiger partial charge is 0.412 e. The number of thiophene rings is 1. The van der Waals surface area contributed by atoms with Gasteiger partial charge in [-0.2, -0.15) is 4.39 Å². The van der Waals surface area contributed by atoms with Crippen LogP contribution in [0, 0.1) is 5.13 Å². The van der Waals surface area contributed by atoms with Crippen LogP contribution in [-0.4, -0.2) is 18.7 Å². The van der Waals surface area contributed by atoms with E-state index >= 15 is 0 Å². The van der Waals surface area contributed by atoms with Crippen molar-refractivity contribution in [2.24, 2.45) is 0 Å². The highest BCUT2D eigenvalue weighted by Crippen LogP contribution is 2.49. The summed E-state index contributed by atoms with van der Waals surface area (Å²) < 4.78 is 25.0. The molecule has 4 aromatic rings. The molecule has 1 heterocycles. The second kappa shape index (κ2) is 11.2. The van der Waals surface area contributed by atoms with Gasteiger partial charge in [-0.15, -0.1) is 11.3 Å². The van der Waals surface area contributed by atoms with Crippen LogP contribution in [-0.2, 0) is 19.7 Å². The van der Waals surface area contributed by atoms with Crippen molar-refractivity contribution >= 4 is 40.7 Å². The van der Waals surface area contributed by atoms with Gasteiger partial charge in [0.15, 0.2) is 5.13 Å². The van der Waals surface area contributed by atoms with Crippen molar-refractivity contribution in [1.29, 1.82) is 0 Å². The fraction of sp³-hybridized carbons (Fsp3) is 0.226. The Hall–Kier alpha value is -3.68. The number of hydrogen-bond acceptors (Lipinski definition) is 5. The average molecular weight is 564 g/mol. The zero-order valence-electron chi connectivity index (χ0n) is 21.5. The van der Waals surface area contributed by atoms with Crippen molar-refractivity contribution in [3.8, 4) is 21.6 Å². The summed E-state index contributed by atoms with van der Waals surface area (Å²) in [6.07, 6.45) is 0.430. The van der Waals surface area contributed by atoms with E-state index in [1.54, 1.807) is 31.2 Å². The minimum atomic E-state index is -0.676. The van der Waals surface area contributed by atoms with Gasteiger partial charge in [-0.05, 0) is 66.6 Å². The summed E-state index contributed by atoms with van der Waals surface area (Å²) in [6, 6.07) is 24.0. The predicted molar refractivity (Wildman–Crippen MR) is 153 cm³/mol. The number of halogens is 2. The van der Waals surface area contributed by atoms with Gasteiger partial charge in [0.25, 0.3) is 0 Å². The summed E-state index contributed by atoms with van der Waals surface area (Å²) in [7, 11) is 0. The van der Waals surface area contributed by atoms with Crippen LogP contribution >= 0.6 is 22.9 Å². The molecule has 0 unspecified atom stereocenters. The van der Waals surface area contributed by atoms with Crippen molar-refractivity contribution < 1.29 is 23.5 Å². The number of amides is 1. The van der Waals surface area contributed by atoms with Gasteiger partial charge in [-0.3, -0.25) is 10.1 Å². The number of esters is 1. The van der Waals surface area contributed by atoms with Crippen molar-refractivity contribution in [1.82, 2.24) is 0 Å². The van der Waals surface area contributed by atoms with Crippen LogP contribution in [0.5, 0.6) is 0 Å². The zero-order chi connectivity index (χ0) is 27.6. The molecule has 1 atom stereocenters. The molecule has 0 radical (unpaired) electrons. The molecule has 1 fully saturated rings. The molecule has 1 amide bonds. The van der Waals surface area contributed by atoms with Crippen LogP contribution in [0.2, 0.25) is 5.02 Å². The third kappa shape index (κ3) is 5.84. The summed E-state index contributed by atoms with van der Waals surface area (Å²) in [5.41, 5.74) is 4.36. The minimum absolute atomic E-state index is 0.155. The van der Waals surface area contributed by atoms with E-state index in [9.17, 15) is 14.0 Å². The molecular weight excluding hydrogens is 537 g/mol. The number of benzene rings is 3. The molecule has 1 saturated carbocycles. The first kappa shape index (κ1) is 26.9. The summed E-state index contributed by atoms with van der Waals surface area (Å²) in [6.45, 7) is 3.95. The summed E-state index contributed by atoms with van der Waals surface area (Å²) in [4.78, 5) is 25.6. The first-order valence-electron chi connectivity index (χ1n) is 12.7. The fourth-order valence-corrected chi connectivity index (χ4v) is 5.54.